The molecule has 1 atom stereocenters. The van der Waals surface area contributed by atoms with Gasteiger partial charge in [-0.2, -0.15) is 0 Å². The van der Waals surface area contributed by atoms with E-state index in [1.807, 2.05) is 0 Å². The first kappa shape index (κ1) is 17.3. The molecule has 1 aromatic heterocycles. The highest BCUT2D eigenvalue weighted by atomic mass is 16.4. The van der Waals surface area contributed by atoms with Gasteiger partial charge < -0.3 is 19.5 Å². The third-order valence-corrected chi connectivity index (χ3v) is 5.06. The second kappa shape index (κ2) is 6.90. The number of hydrogen-bond acceptors (Lipinski definition) is 5. The number of aromatic nitrogens is 1. The van der Waals surface area contributed by atoms with Gasteiger partial charge in [-0.25, -0.2) is 4.79 Å². The minimum absolute atomic E-state index is 0.0781. The first-order valence-corrected chi connectivity index (χ1v) is 9.01. The van der Waals surface area contributed by atoms with Crippen molar-refractivity contribution in [3.63, 3.8) is 0 Å². The molecule has 2 saturated heterocycles. The topological polar surface area (TPSA) is 116 Å². The summed E-state index contributed by atoms with van der Waals surface area (Å²) in [5.74, 6) is -0.890. The molecule has 9 nitrogen and oxygen atoms in total. The lowest BCUT2D eigenvalue weighted by molar-refractivity contribution is -0.134. The maximum absolute atomic E-state index is 12.8. The summed E-state index contributed by atoms with van der Waals surface area (Å²) in [6, 6.07) is 4.40. The Morgan fingerprint density at radius 3 is 2.63 bits per heavy atom. The average Bonchev–Trinajstić information content (AvgIpc) is 3.16. The van der Waals surface area contributed by atoms with E-state index in [2.05, 4.69) is 10.3 Å². The highest BCUT2D eigenvalue weighted by molar-refractivity contribution is 5.97. The Labute approximate surface area is 154 Å². The largest absolute Gasteiger partial charge is 0.417 e. The summed E-state index contributed by atoms with van der Waals surface area (Å²) in [5.41, 5.74) is 1.32. The van der Waals surface area contributed by atoms with E-state index in [4.69, 9.17) is 4.42 Å². The summed E-state index contributed by atoms with van der Waals surface area (Å²) in [5, 5.41) is 2.70. The van der Waals surface area contributed by atoms with E-state index in [0.717, 1.165) is 0 Å². The van der Waals surface area contributed by atoms with E-state index in [-0.39, 0.29) is 17.7 Å². The van der Waals surface area contributed by atoms with Crippen LogP contribution in [0.4, 0.5) is 0 Å². The Bertz CT molecular complexity index is 962. The van der Waals surface area contributed by atoms with Crippen LogP contribution in [0.15, 0.2) is 27.4 Å². The van der Waals surface area contributed by atoms with Crippen molar-refractivity contribution < 1.29 is 18.8 Å². The summed E-state index contributed by atoms with van der Waals surface area (Å²) < 4.78 is 5.02. The van der Waals surface area contributed by atoms with Gasteiger partial charge in [0.1, 0.15) is 6.04 Å². The van der Waals surface area contributed by atoms with E-state index < -0.39 is 11.8 Å². The van der Waals surface area contributed by atoms with Crippen molar-refractivity contribution in [3.05, 3.63) is 34.3 Å². The Balaban J connectivity index is 1.43. The molecule has 1 unspecified atom stereocenters. The highest BCUT2D eigenvalue weighted by Crippen LogP contribution is 2.16. The van der Waals surface area contributed by atoms with Gasteiger partial charge in [-0.3, -0.25) is 19.4 Å². The summed E-state index contributed by atoms with van der Waals surface area (Å²) in [6.07, 6.45) is 1.57. The molecular weight excluding hydrogens is 352 g/mol. The molecule has 3 heterocycles. The Kier molecular flexibility index (Phi) is 4.43. The zero-order chi connectivity index (χ0) is 19.0. The van der Waals surface area contributed by atoms with Crippen LogP contribution in [0.3, 0.4) is 0 Å². The van der Waals surface area contributed by atoms with Crippen molar-refractivity contribution in [1.82, 2.24) is 20.1 Å². The van der Waals surface area contributed by atoms with Crippen LogP contribution in [-0.4, -0.2) is 64.7 Å². The molecular formula is C18H20N4O5. The van der Waals surface area contributed by atoms with Crippen LogP contribution in [0.25, 0.3) is 11.1 Å². The first-order valence-electron chi connectivity index (χ1n) is 9.01. The second-order valence-electron chi connectivity index (χ2n) is 6.86. The lowest BCUT2D eigenvalue weighted by Gasteiger charge is -2.24. The minimum Gasteiger partial charge on any atom is -0.408 e. The van der Waals surface area contributed by atoms with Gasteiger partial charge in [0.15, 0.2) is 5.58 Å². The maximum Gasteiger partial charge on any atom is 0.417 e. The maximum atomic E-state index is 12.8. The fourth-order valence-electron chi connectivity index (χ4n) is 3.62. The Morgan fingerprint density at radius 2 is 1.85 bits per heavy atom. The number of nitrogens with zero attached hydrogens (tertiary/aromatic N) is 2. The Hall–Kier alpha value is -3.10. The van der Waals surface area contributed by atoms with Gasteiger partial charge in [-0.1, -0.05) is 0 Å². The number of H-pyrrole nitrogens is 1. The molecule has 142 valence electrons. The fourth-order valence-corrected chi connectivity index (χ4v) is 3.62. The van der Waals surface area contributed by atoms with Crippen LogP contribution in [0.1, 0.15) is 29.6 Å². The molecule has 0 bridgehead atoms. The second-order valence-corrected chi connectivity index (χ2v) is 6.86. The van der Waals surface area contributed by atoms with E-state index in [9.17, 15) is 19.2 Å². The van der Waals surface area contributed by atoms with Gasteiger partial charge in [-0.05, 0) is 31.0 Å². The quantitative estimate of drug-likeness (QED) is 0.774. The van der Waals surface area contributed by atoms with Gasteiger partial charge in [0.2, 0.25) is 11.8 Å². The third-order valence-electron chi connectivity index (χ3n) is 5.06. The van der Waals surface area contributed by atoms with Crippen LogP contribution in [0, 0.1) is 0 Å². The summed E-state index contributed by atoms with van der Waals surface area (Å²) >= 11 is 0. The molecule has 2 N–H and O–H groups in total. The van der Waals surface area contributed by atoms with E-state index >= 15 is 0 Å². The van der Waals surface area contributed by atoms with Gasteiger partial charge >= 0.3 is 5.76 Å². The molecule has 0 spiro atoms. The number of benzene rings is 1. The zero-order valence-electron chi connectivity index (χ0n) is 14.7. The molecule has 27 heavy (non-hydrogen) atoms. The van der Waals surface area contributed by atoms with Crippen molar-refractivity contribution in [2.75, 3.05) is 26.2 Å². The molecule has 3 amide bonds. The molecule has 2 aliphatic heterocycles. The number of hydrogen-bond donors (Lipinski definition) is 2. The SMILES string of the molecule is O=C1CCC(C(=O)N2CCCN(C(=O)c3ccc4[nH]c(=O)oc4c3)CC2)N1. The summed E-state index contributed by atoms with van der Waals surface area (Å²) in [4.78, 5) is 53.9. The number of carbonyl (C=O) groups excluding carboxylic acids is 3. The molecule has 2 aliphatic rings. The zero-order valence-corrected chi connectivity index (χ0v) is 14.7. The molecule has 4 rings (SSSR count). The van der Waals surface area contributed by atoms with Crippen LogP contribution < -0.4 is 11.1 Å². The van der Waals surface area contributed by atoms with Gasteiger partial charge in [0, 0.05) is 38.2 Å². The van der Waals surface area contributed by atoms with Crippen molar-refractivity contribution in [2.24, 2.45) is 0 Å². The smallest absolute Gasteiger partial charge is 0.408 e. The monoisotopic (exact) mass is 372 g/mol. The number of fused-ring (bicyclic) bond motifs is 1. The Morgan fingerprint density at radius 1 is 1.07 bits per heavy atom. The number of aromatic amines is 1. The van der Waals surface area contributed by atoms with Crippen LogP contribution in [0.5, 0.6) is 0 Å². The molecule has 0 saturated carbocycles. The fraction of sp³-hybridized carbons (Fsp3) is 0.444. The number of oxazole rings is 1. The van der Waals surface area contributed by atoms with E-state index in [1.54, 1.807) is 28.0 Å². The van der Waals surface area contributed by atoms with Crippen LogP contribution in [0.2, 0.25) is 0 Å². The lowest BCUT2D eigenvalue weighted by atomic mass is 10.1. The van der Waals surface area contributed by atoms with E-state index in [1.165, 1.54) is 0 Å². The number of rotatable bonds is 2. The van der Waals surface area contributed by atoms with Crippen LogP contribution in [-0.2, 0) is 9.59 Å². The van der Waals surface area contributed by atoms with Crippen molar-refractivity contribution in [1.29, 1.82) is 0 Å². The summed E-state index contributed by atoms with van der Waals surface area (Å²) in [6.45, 7) is 1.94. The third kappa shape index (κ3) is 3.44. The molecule has 2 fully saturated rings. The predicted molar refractivity (Wildman–Crippen MR) is 95.1 cm³/mol. The van der Waals surface area contributed by atoms with Crippen molar-refractivity contribution in [3.8, 4) is 0 Å². The number of carbonyl (C=O) groups is 3. The highest BCUT2D eigenvalue weighted by Gasteiger charge is 2.32. The van der Waals surface area contributed by atoms with Crippen molar-refractivity contribution in [2.45, 2.75) is 25.3 Å². The molecule has 0 radical (unpaired) electrons. The molecule has 9 heteroatoms. The standard InChI is InChI=1S/C18H20N4O5/c23-15-5-4-13(19-15)17(25)22-7-1-6-21(8-9-22)16(24)11-2-3-12-14(10-11)27-18(26)20-12/h2-3,10,13H,1,4-9H2,(H,19,23)(H,20,26). The van der Waals surface area contributed by atoms with E-state index in [0.29, 0.717) is 62.1 Å². The minimum atomic E-state index is -0.558. The molecule has 0 aliphatic carbocycles. The number of amides is 3. The van der Waals surface area contributed by atoms with Crippen molar-refractivity contribution >= 4 is 28.8 Å². The molecule has 1 aromatic carbocycles. The normalized spacial score (nSPS) is 20.6. The van der Waals surface area contributed by atoms with Crippen LogP contribution >= 0.6 is 0 Å². The number of nitrogens with one attached hydrogen (secondary N) is 2. The first-order chi connectivity index (χ1) is 13.0. The lowest BCUT2D eigenvalue weighted by Crippen LogP contribution is -2.46. The summed E-state index contributed by atoms with van der Waals surface area (Å²) in [7, 11) is 0. The van der Waals surface area contributed by atoms with Gasteiger partial charge in [0.25, 0.3) is 5.91 Å². The van der Waals surface area contributed by atoms with Gasteiger partial charge in [0.05, 0.1) is 5.52 Å². The average molecular weight is 372 g/mol. The molecule has 2 aromatic rings. The predicted octanol–water partition coefficient (Wildman–Crippen LogP) is 0.0742. The van der Waals surface area contributed by atoms with Gasteiger partial charge in [-0.15, -0.1) is 0 Å².